The number of aryl methyl sites for hydroxylation is 1. The molecule has 3 heterocycles. The van der Waals surface area contributed by atoms with Crippen LogP contribution in [0.1, 0.15) is 59.5 Å². The number of halogens is 1. The maximum absolute atomic E-state index is 14.7. The summed E-state index contributed by atoms with van der Waals surface area (Å²) in [4.78, 5) is 59.2. The van der Waals surface area contributed by atoms with Crippen LogP contribution in [0, 0.1) is 11.7 Å². The summed E-state index contributed by atoms with van der Waals surface area (Å²) in [6.07, 6.45) is 4.49. The summed E-state index contributed by atoms with van der Waals surface area (Å²) < 4.78 is 19.6. The lowest BCUT2D eigenvalue weighted by Crippen LogP contribution is -2.54. The average molecular weight is 514 g/mol. The second kappa shape index (κ2) is 11.5. The number of nitrogens with zero attached hydrogens (tertiary/aromatic N) is 3. The Morgan fingerprint density at radius 3 is 2.76 bits per heavy atom. The second-order valence-corrected chi connectivity index (χ2v) is 9.84. The van der Waals surface area contributed by atoms with Crippen LogP contribution in [0.25, 0.3) is 0 Å². The third-order valence-corrected chi connectivity index (χ3v) is 6.86. The Morgan fingerprint density at radius 1 is 1.22 bits per heavy atom. The number of carbonyl (C=O) groups excluding carboxylic acids is 4. The quantitative estimate of drug-likeness (QED) is 0.631. The third-order valence-electron chi connectivity index (χ3n) is 6.86. The lowest BCUT2D eigenvalue weighted by atomic mass is 10.0. The molecule has 1 aromatic heterocycles. The van der Waals surface area contributed by atoms with Gasteiger partial charge in [-0.15, -0.1) is 0 Å². The van der Waals surface area contributed by atoms with E-state index < -0.39 is 29.7 Å². The number of hydrogen-bond acceptors (Lipinski definition) is 6. The first kappa shape index (κ1) is 26.3. The Kier molecular flexibility index (Phi) is 8.20. The SMILES string of the molecule is CC(C)[C@@H]1CN(C(=O)c2cocn2)CC(=O)NCCCc2ccc(F)c(c2)C(=O)N2CCC[C@H]2C(=O)N1. The first-order valence-corrected chi connectivity index (χ1v) is 12.6. The van der Waals surface area contributed by atoms with Gasteiger partial charge in [-0.2, -0.15) is 0 Å². The van der Waals surface area contributed by atoms with Crippen LogP contribution in [0.15, 0.2) is 35.3 Å². The van der Waals surface area contributed by atoms with Crippen LogP contribution in [0.5, 0.6) is 0 Å². The van der Waals surface area contributed by atoms with E-state index in [0.717, 1.165) is 12.0 Å². The van der Waals surface area contributed by atoms with Gasteiger partial charge in [0.25, 0.3) is 11.8 Å². The van der Waals surface area contributed by atoms with Gasteiger partial charge in [-0.25, -0.2) is 9.37 Å². The van der Waals surface area contributed by atoms with Gasteiger partial charge in [-0.05, 0) is 49.3 Å². The number of amides is 4. The van der Waals surface area contributed by atoms with Crippen LogP contribution in [0.3, 0.4) is 0 Å². The fourth-order valence-electron chi connectivity index (χ4n) is 4.72. The van der Waals surface area contributed by atoms with Gasteiger partial charge in [-0.1, -0.05) is 19.9 Å². The highest BCUT2D eigenvalue weighted by Crippen LogP contribution is 2.23. The minimum Gasteiger partial charge on any atom is -0.451 e. The number of fused-ring (bicyclic) bond motifs is 3. The molecule has 0 radical (unpaired) electrons. The van der Waals surface area contributed by atoms with Crippen molar-refractivity contribution in [3.63, 3.8) is 0 Å². The number of hydrogen-bond donors (Lipinski definition) is 2. The van der Waals surface area contributed by atoms with E-state index in [4.69, 9.17) is 4.42 Å². The summed E-state index contributed by atoms with van der Waals surface area (Å²) in [5.74, 6) is -2.46. The largest absolute Gasteiger partial charge is 0.451 e. The van der Waals surface area contributed by atoms with Crippen LogP contribution < -0.4 is 10.6 Å². The Hall–Kier alpha value is -3.76. The first-order chi connectivity index (χ1) is 17.7. The Bertz CT molecular complexity index is 1150. The smallest absolute Gasteiger partial charge is 0.276 e. The van der Waals surface area contributed by atoms with Crippen LogP contribution in [0.4, 0.5) is 4.39 Å². The Morgan fingerprint density at radius 2 is 2.03 bits per heavy atom. The normalized spacial score (nSPS) is 21.9. The summed E-state index contributed by atoms with van der Waals surface area (Å²) in [5.41, 5.74) is 0.753. The highest BCUT2D eigenvalue weighted by atomic mass is 19.1. The predicted octanol–water partition coefficient (Wildman–Crippen LogP) is 1.76. The van der Waals surface area contributed by atoms with Crippen molar-refractivity contribution < 1.29 is 28.0 Å². The summed E-state index contributed by atoms with van der Waals surface area (Å²) in [7, 11) is 0. The minimum absolute atomic E-state index is 0.0542. The van der Waals surface area contributed by atoms with Crippen LogP contribution in [-0.2, 0) is 16.0 Å². The molecule has 2 N–H and O–H groups in total. The van der Waals surface area contributed by atoms with Crippen molar-refractivity contribution in [2.24, 2.45) is 5.92 Å². The molecule has 2 aliphatic rings. The number of carbonyl (C=O) groups is 4. The molecule has 2 bridgehead atoms. The fourth-order valence-corrected chi connectivity index (χ4v) is 4.72. The van der Waals surface area contributed by atoms with Gasteiger partial charge in [0.1, 0.15) is 18.1 Å². The zero-order valence-corrected chi connectivity index (χ0v) is 21.0. The average Bonchev–Trinajstić information content (AvgIpc) is 3.58. The molecule has 4 rings (SSSR count). The van der Waals surface area contributed by atoms with Crippen LogP contribution >= 0.6 is 0 Å². The van der Waals surface area contributed by atoms with Gasteiger partial charge in [-0.3, -0.25) is 19.2 Å². The molecule has 0 unspecified atom stereocenters. The number of rotatable bonds is 2. The van der Waals surface area contributed by atoms with E-state index in [0.29, 0.717) is 38.8 Å². The van der Waals surface area contributed by atoms with Crippen molar-refractivity contribution in [3.05, 3.63) is 53.5 Å². The van der Waals surface area contributed by atoms with Gasteiger partial charge >= 0.3 is 0 Å². The van der Waals surface area contributed by atoms with E-state index in [1.165, 1.54) is 28.2 Å². The van der Waals surface area contributed by atoms with Gasteiger partial charge in [0.05, 0.1) is 12.1 Å². The molecule has 1 saturated heterocycles. The van der Waals surface area contributed by atoms with Gasteiger partial charge in [0.15, 0.2) is 12.1 Å². The first-order valence-electron chi connectivity index (χ1n) is 12.6. The summed E-state index contributed by atoms with van der Waals surface area (Å²) in [6.45, 7) is 4.31. The molecule has 0 saturated carbocycles. The topological polar surface area (TPSA) is 125 Å². The van der Waals surface area contributed by atoms with E-state index in [2.05, 4.69) is 15.6 Å². The molecule has 1 fully saturated rings. The molecule has 1 aromatic carbocycles. The molecule has 2 atom stereocenters. The van der Waals surface area contributed by atoms with E-state index in [1.54, 1.807) is 6.07 Å². The van der Waals surface area contributed by atoms with Crippen molar-refractivity contribution >= 4 is 23.6 Å². The van der Waals surface area contributed by atoms with Crippen molar-refractivity contribution in [2.45, 2.75) is 51.6 Å². The lowest BCUT2D eigenvalue weighted by molar-refractivity contribution is -0.126. The molecule has 198 valence electrons. The molecule has 4 amide bonds. The van der Waals surface area contributed by atoms with Crippen molar-refractivity contribution in [2.75, 3.05) is 26.2 Å². The number of aromatic nitrogens is 1. The molecule has 0 spiro atoms. The van der Waals surface area contributed by atoms with Crippen LogP contribution in [-0.4, -0.2) is 76.7 Å². The molecule has 10 nitrogen and oxygen atoms in total. The molecule has 11 heteroatoms. The molecule has 2 aliphatic heterocycles. The van der Waals surface area contributed by atoms with Crippen molar-refractivity contribution in [3.8, 4) is 0 Å². The maximum atomic E-state index is 14.7. The minimum atomic E-state index is -0.754. The third kappa shape index (κ3) is 6.15. The Labute approximate surface area is 214 Å². The molecule has 37 heavy (non-hydrogen) atoms. The molecular weight excluding hydrogens is 481 g/mol. The van der Waals surface area contributed by atoms with Gasteiger partial charge in [0, 0.05) is 25.7 Å². The highest BCUT2D eigenvalue weighted by molar-refractivity contribution is 5.98. The highest BCUT2D eigenvalue weighted by Gasteiger charge is 2.37. The van der Waals surface area contributed by atoms with Crippen molar-refractivity contribution in [1.82, 2.24) is 25.4 Å². The van der Waals surface area contributed by atoms with Crippen LogP contribution in [0.2, 0.25) is 0 Å². The second-order valence-electron chi connectivity index (χ2n) is 9.84. The number of oxazole rings is 1. The molecule has 0 aliphatic carbocycles. The standard InChI is InChI=1S/C26H32FN5O5/c1-16(2)20-12-31(26(36)21-14-37-15-29-21)13-23(33)28-9-3-5-17-7-8-19(27)18(11-17)25(35)32-10-4-6-22(32)24(34)30-20/h7-8,11,14-16,20,22H,3-6,9-10,12-13H2,1-2H3,(H,28,33)(H,30,34)/t20-,22-/m0/s1. The van der Waals surface area contributed by atoms with Crippen molar-refractivity contribution in [1.29, 1.82) is 0 Å². The zero-order valence-electron chi connectivity index (χ0n) is 21.0. The zero-order chi connectivity index (χ0) is 26.5. The summed E-state index contributed by atoms with van der Waals surface area (Å²) >= 11 is 0. The van der Waals surface area contributed by atoms with Gasteiger partial charge < -0.3 is 24.9 Å². The summed E-state index contributed by atoms with van der Waals surface area (Å²) in [5, 5.41) is 5.78. The van der Waals surface area contributed by atoms with E-state index in [1.807, 2.05) is 13.8 Å². The number of nitrogens with one attached hydrogen (secondary N) is 2. The lowest BCUT2D eigenvalue weighted by Gasteiger charge is -2.32. The maximum Gasteiger partial charge on any atom is 0.276 e. The predicted molar refractivity (Wildman–Crippen MR) is 131 cm³/mol. The number of benzene rings is 1. The van der Waals surface area contributed by atoms with E-state index in [-0.39, 0.29) is 42.1 Å². The van der Waals surface area contributed by atoms with Gasteiger partial charge in [0.2, 0.25) is 11.8 Å². The summed E-state index contributed by atoms with van der Waals surface area (Å²) in [6, 6.07) is 3.14. The molecular formula is C26H32FN5O5. The molecule has 2 aromatic rings. The van der Waals surface area contributed by atoms with E-state index in [9.17, 15) is 23.6 Å². The fraction of sp³-hybridized carbons (Fsp3) is 0.500. The Balaban J connectivity index is 1.64. The monoisotopic (exact) mass is 513 g/mol. The van der Waals surface area contributed by atoms with E-state index >= 15 is 0 Å².